The molecule has 2 aromatic rings. The van der Waals surface area contributed by atoms with Crippen LogP contribution in [0.15, 0.2) is 36.7 Å². The molecule has 1 heterocycles. The molecule has 0 bridgehead atoms. The highest BCUT2D eigenvalue weighted by Gasteiger charge is 2.04. The minimum absolute atomic E-state index is 0.193. The number of nitrogens with zero attached hydrogens (tertiary/aromatic N) is 2. The zero-order valence-corrected chi connectivity index (χ0v) is 12.6. The fraction of sp³-hybridized carbons (Fsp3) is 0.412. The first kappa shape index (κ1) is 14.5. The fourth-order valence-corrected chi connectivity index (χ4v) is 1.99. The maximum atomic E-state index is 5.71. The molecule has 3 nitrogen and oxygen atoms in total. The first-order valence-electron chi connectivity index (χ1n) is 7.11. The van der Waals surface area contributed by atoms with Gasteiger partial charge in [0.25, 0.3) is 0 Å². The number of hydrogen-bond acceptors (Lipinski definition) is 3. The van der Waals surface area contributed by atoms with Gasteiger partial charge in [-0.2, -0.15) is 0 Å². The second-order valence-electron chi connectivity index (χ2n) is 5.59. The predicted molar refractivity (Wildman–Crippen MR) is 81.1 cm³/mol. The number of hydrogen-bond donors (Lipinski definition) is 0. The minimum Gasteiger partial charge on any atom is -0.491 e. The Balaban J connectivity index is 2.09. The van der Waals surface area contributed by atoms with E-state index in [2.05, 4.69) is 35.9 Å². The Morgan fingerprint density at radius 1 is 1.00 bits per heavy atom. The Hall–Kier alpha value is -1.90. The van der Waals surface area contributed by atoms with Crippen molar-refractivity contribution in [3.05, 3.63) is 53.6 Å². The minimum atomic E-state index is 0.193. The van der Waals surface area contributed by atoms with Crippen LogP contribution in [0.1, 0.15) is 50.6 Å². The predicted octanol–water partition coefficient (Wildman–Crippen LogP) is 3.98. The highest BCUT2D eigenvalue weighted by atomic mass is 16.5. The highest BCUT2D eigenvalue weighted by molar-refractivity contribution is 5.31. The van der Waals surface area contributed by atoms with Crippen LogP contribution in [0.2, 0.25) is 0 Å². The van der Waals surface area contributed by atoms with Gasteiger partial charge in [-0.1, -0.05) is 26.0 Å². The Kier molecular flexibility index (Phi) is 4.72. The van der Waals surface area contributed by atoms with Gasteiger partial charge in [0.05, 0.1) is 6.10 Å². The van der Waals surface area contributed by atoms with Crippen LogP contribution in [0.4, 0.5) is 0 Å². The first-order valence-corrected chi connectivity index (χ1v) is 7.11. The van der Waals surface area contributed by atoms with Crippen LogP contribution in [-0.4, -0.2) is 16.1 Å². The van der Waals surface area contributed by atoms with E-state index in [1.54, 1.807) is 0 Å². The summed E-state index contributed by atoms with van der Waals surface area (Å²) < 4.78 is 5.71. The summed E-state index contributed by atoms with van der Waals surface area (Å²) in [7, 11) is 0. The molecule has 20 heavy (non-hydrogen) atoms. The van der Waals surface area contributed by atoms with Crippen molar-refractivity contribution >= 4 is 0 Å². The van der Waals surface area contributed by atoms with Crippen molar-refractivity contribution in [2.75, 3.05) is 0 Å². The van der Waals surface area contributed by atoms with Gasteiger partial charge in [0.15, 0.2) is 0 Å². The number of aromatic nitrogens is 2. The van der Waals surface area contributed by atoms with E-state index in [4.69, 9.17) is 4.74 Å². The van der Waals surface area contributed by atoms with E-state index in [0.717, 1.165) is 23.6 Å². The van der Waals surface area contributed by atoms with E-state index in [1.165, 1.54) is 5.56 Å². The quantitative estimate of drug-likeness (QED) is 0.824. The molecule has 1 aromatic carbocycles. The Labute approximate surface area is 121 Å². The van der Waals surface area contributed by atoms with E-state index >= 15 is 0 Å². The molecule has 0 aliphatic rings. The molecule has 0 aliphatic heterocycles. The lowest BCUT2D eigenvalue weighted by atomic mass is 10.1. The monoisotopic (exact) mass is 270 g/mol. The Morgan fingerprint density at radius 3 is 2.30 bits per heavy atom. The standard InChI is InChI=1S/C17H22N2O/c1-12(2)17-18-10-15(11-19-17)8-14-6-5-7-16(9-14)20-13(3)4/h5-7,9-13H,8H2,1-4H3. The van der Waals surface area contributed by atoms with Gasteiger partial charge in [-0.05, 0) is 37.1 Å². The molecule has 2 rings (SSSR count). The van der Waals surface area contributed by atoms with Crippen LogP contribution in [0.3, 0.4) is 0 Å². The molecule has 1 aromatic heterocycles. The lowest BCUT2D eigenvalue weighted by molar-refractivity contribution is 0.242. The van der Waals surface area contributed by atoms with Gasteiger partial charge >= 0.3 is 0 Å². The highest BCUT2D eigenvalue weighted by Crippen LogP contribution is 2.17. The smallest absolute Gasteiger partial charge is 0.130 e. The van der Waals surface area contributed by atoms with Gasteiger partial charge in [0.2, 0.25) is 0 Å². The largest absolute Gasteiger partial charge is 0.491 e. The zero-order valence-electron chi connectivity index (χ0n) is 12.6. The lowest BCUT2D eigenvalue weighted by Crippen LogP contribution is -2.05. The summed E-state index contributed by atoms with van der Waals surface area (Å²) >= 11 is 0. The maximum Gasteiger partial charge on any atom is 0.130 e. The Morgan fingerprint density at radius 2 is 1.70 bits per heavy atom. The van der Waals surface area contributed by atoms with E-state index in [0.29, 0.717) is 5.92 Å². The summed E-state index contributed by atoms with van der Waals surface area (Å²) in [5, 5.41) is 0. The van der Waals surface area contributed by atoms with E-state index in [-0.39, 0.29) is 6.10 Å². The molecule has 0 aliphatic carbocycles. The molecule has 0 N–H and O–H groups in total. The Bertz CT molecular complexity index is 547. The van der Waals surface area contributed by atoms with Crippen molar-refractivity contribution in [3.8, 4) is 5.75 Å². The second-order valence-corrected chi connectivity index (χ2v) is 5.59. The molecule has 0 fully saturated rings. The molecule has 0 saturated carbocycles. The average Bonchev–Trinajstić information content (AvgIpc) is 2.39. The summed E-state index contributed by atoms with van der Waals surface area (Å²) in [4.78, 5) is 8.81. The summed E-state index contributed by atoms with van der Waals surface area (Å²) in [5.41, 5.74) is 2.33. The van der Waals surface area contributed by atoms with Gasteiger partial charge in [-0.25, -0.2) is 9.97 Å². The number of benzene rings is 1. The van der Waals surface area contributed by atoms with Gasteiger partial charge in [0.1, 0.15) is 11.6 Å². The van der Waals surface area contributed by atoms with E-state index in [9.17, 15) is 0 Å². The normalized spacial score (nSPS) is 11.1. The van der Waals surface area contributed by atoms with Gasteiger partial charge in [-0.15, -0.1) is 0 Å². The number of rotatable bonds is 5. The third-order valence-electron chi connectivity index (χ3n) is 2.92. The van der Waals surface area contributed by atoms with Crippen molar-refractivity contribution in [2.45, 2.75) is 46.1 Å². The summed E-state index contributed by atoms with van der Waals surface area (Å²) in [6.45, 7) is 8.26. The van der Waals surface area contributed by atoms with Gasteiger partial charge in [0, 0.05) is 24.7 Å². The van der Waals surface area contributed by atoms with Crippen molar-refractivity contribution < 1.29 is 4.74 Å². The molecule has 0 atom stereocenters. The lowest BCUT2D eigenvalue weighted by Gasteiger charge is -2.11. The summed E-state index contributed by atoms with van der Waals surface area (Å²) in [5.74, 6) is 2.18. The van der Waals surface area contributed by atoms with Crippen molar-refractivity contribution in [1.82, 2.24) is 9.97 Å². The summed E-state index contributed by atoms with van der Waals surface area (Å²) in [6.07, 6.45) is 4.85. The average molecular weight is 270 g/mol. The molecule has 0 spiro atoms. The second kappa shape index (κ2) is 6.51. The number of ether oxygens (including phenoxy) is 1. The molecule has 0 unspecified atom stereocenters. The van der Waals surface area contributed by atoms with Crippen molar-refractivity contribution in [1.29, 1.82) is 0 Å². The van der Waals surface area contributed by atoms with Crippen LogP contribution in [-0.2, 0) is 6.42 Å². The topological polar surface area (TPSA) is 35.0 Å². The molecule has 0 radical (unpaired) electrons. The van der Waals surface area contributed by atoms with Crippen LogP contribution in [0.5, 0.6) is 5.75 Å². The zero-order chi connectivity index (χ0) is 14.5. The van der Waals surface area contributed by atoms with Gasteiger partial charge < -0.3 is 4.74 Å². The maximum absolute atomic E-state index is 5.71. The third-order valence-corrected chi connectivity index (χ3v) is 2.92. The van der Waals surface area contributed by atoms with Crippen molar-refractivity contribution in [2.24, 2.45) is 0 Å². The van der Waals surface area contributed by atoms with Crippen LogP contribution >= 0.6 is 0 Å². The molecular weight excluding hydrogens is 248 g/mol. The third kappa shape index (κ3) is 4.05. The SMILES string of the molecule is CC(C)Oc1cccc(Cc2cnc(C(C)C)nc2)c1. The van der Waals surface area contributed by atoms with Crippen LogP contribution in [0.25, 0.3) is 0 Å². The fourth-order valence-electron chi connectivity index (χ4n) is 1.99. The van der Waals surface area contributed by atoms with Crippen molar-refractivity contribution in [3.63, 3.8) is 0 Å². The molecule has 106 valence electrons. The summed E-state index contributed by atoms with van der Waals surface area (Å²) in [6, 6.07) is 8.19. The van der Waals surface area contributed by atoms with Crippen LogP contribution in [0, 0.1) is 0 Å². The molecule has 0 saturated heterocycles. The first-order chi connectivity index (χ1) is 9.54. The molecule has 0 amide bonds. The van der Waals surface area contributed by atoms with Gasteiger partial charge in [-0.3, -0.25) is 0 Å². The molecule has 3 heteroatoms. The van der Waals surface area contributed by atoms with Crippen LogP contribution < -0.4 is 4.74 Å². The van der Waals surface area contributed by atoms with E-state index < -0.39 is 0 Å². The van der Waals surface area contributed by atoms with E-state index in [1.807, 2.05) is 38.4 Å². The molecular formula is C17H22N2O.